The fourth-order valence-corrected chi connectivity index (χ4v) is 3.25. The summed E-state index contributed by atoms with van der Waals surface area (Å²) in [5.74, 6) is 0.775. The Morgan fingerprint density at radius 1 is 1.31 bits per heavy atom. The SMILES string of the molecule is CCOC(=O)N1CCC(NC(=NC)NCC2(OC)CCOCC2)CC1.I. The first-order chi connectivity index (χ1) is 12.1. The van der Waals surface area contributed by atoms with Crippen molar-refractivity contribution in [3.05, 3.63) is 0 Å². The number of nitrogens with zero attached hydrogens (tertiary/aromatic N) is 2. The Labute approximate surface area is 173 Å². The monoisotopic (exact) mass is 484 g/mol. The molecule has 0 aromatic carbocycles. The van der Waals surface area contributed by atoms with Crippen molar-refractivity contribution < 1.29 is 19.0 Å². The second kappa shape index (κ2) is 11.8. The van der Waals surface area contributed by atoms with Crippen molar-refractivity contribution in [2.75, 3.05) is 53.6 Å². The third-order valence-electron chi connectivity index (χ3n) is 5.00. The van der Waals surface area contributed by atoms with Gasteiger partial charge in [-0.05, 0) is 19.8 Å². The Hall–Kier alpha value is -0.810. The summed E-state index contributed by atoms with van der Waals surface area (Å²) in [5.41, 5.74) is -0.191. The molecule has 26 heavy (non-hydrogen) atoms. The fraction of sp³-hybridized carbons (Fsp3) is 0.882. The minimum Gasteiger partial charge on any atom is -0.450 e. The second-order valence-electron chi connectivity index (χ2n) is 6.53. The first-order valence-electron chi connectivity index (χ1n) is 9.14. The fourth-order valence-electron chi connectivity index (χ4n) is 3.25. The first kappa shape index (κ1) is 23.2. The van der Waals surface area contributed by atoms with E-state index < -0.39 is 0 Å². The number of piperidine rings is 1. The van der Waals surface area contributed by atoms with Gasteiger partial charge in [0.15, 0.2) is 5.96 Å². The van der Waals surface area contributed by atoms with E-state index in [1.54, 1.807) is 19.1 Å². The molecule has 2 rings (SSSR count). The molecule has 9 heteroatoms. The first-order valence-corrected chi connectivity index (χ1v) is 9.14. The van der Waals surface area contributed by atoms with Gasteiger partial charge < -0.3 is 29.7 Å². The van der Waals surface area contributed by atoms with Gasteiger partial charge in [0.2, 0.25) is 0 Å². The van der Waals surface area contributed by atoms with Gasteiger partial charge in [0.25, 0.3) is 0 Å². The van der Waals surface area contributed by atoms with Crippen LogP contribution in [-0.4, -0.2) is 82.2 Å². The molecule has 2 fully saturated rings. The van der Waals surface area contributed by atoms with Crippen LogP contribution in [0.25, 0.3) is 0 Å². The summed E-state index contributed by atoms with van der Waals surface area (Å²) in [5, 5.41) is 6.84. The van der Waals surface area contributed by atoms with Gasteiger partial charge >= 0.3 is 6.09 Å². The molecule has 0 saturated carbocycles. The topological polar surface area (TPSA) is 84.4 Å². The molecule has 2 saturated heterocycles. The number of hydrogen-bond acceptors (Lipinski definition) is 5. The highest BCUT2D eigenvalue weighted by atomic mass is 127. The number of carbonyl (C=O) groups is 1. The summed E-state index contributed by atoms with van der Waals surface area (Å²) in [7, 11) is 3.53. The zero-order valence-corrected chi connectivity index (χ0v) is 18.4. The number of carbonyl (C=O) groups excluding carboxylic acids is 1. The van der Waals surface area contributed by atoms with E-state index in [2.05, 4.69) is 15.6 Å². The van der Waals surface area contributed by atoms with Crippen LogP contribution in [0.1, 0.15) is 32.6 Å². The molecule has 0 atom stereocenters. The summed E-state index contributed by atoms with van der Waals surface area (Å²) in [6.45, 7) is 5.81. The van der Waals surface area contributed by atoms with Crippen molar-refractivity contribution in [1.82, 2.24) is 15.5 Å². The number of halogens is 1. The zero-order valence-electron chi connectivity index (χ0n) is 16.1. The Morgan fingerprint density at radius 2 is 1.96 bits per heavy atom. The van der Waals surface area contributed by atoms with E-state index in [4.69, 9.17) is 14.2 Å². The number of amides is 1. The Bertz CT molecular complexity index is 450. The molecule has 8 nitrogen and oxygen atoms in total. The summed E-state index contributed by atoms with van der Waals surface area (Å²) < 4.78 is 16.2. The molecule has 0 aromatic heterocycles. The number of nitrogens with one attached hydrogen (secondary N) is 2. The predicted octanol–water partition coefficient (Wildman–Crippen LogP) is 1.59. The van der Waals surface area contributed by atoms with E-state index in [1.165, 1.54) is 0 Å². The van der Waals surface area contributed by atoms with Crippen molar-refractivity contribution in [3.8, 4) is 0 Å². The average molecular weight is 484 g/mol. The summed E-state index contributed by atoms with van der Waals surface area (Å²) in [6, 6.07) is 0.296. The highest BCUT2D eigenvalue weighted by Gasteiger charge is 2.33. The molecule has 2 heterocycles. The molecule has 152 valence electrons. The maximum absolute atomic E-state index is 11.8. The van der Waals surface area contributed by atoms with Crippen LogP contribution in [0.2, 0.25) is 0 Å². The van der Waals surface area contributed by atoms with Crippen LogP contribution in [0.3, 0.4) is 0 Å². The summed E-state index contributed by atoms with van der Waals surface area (Å²) >= 11 is 0. The Balaban J connectivity index is 0.00000338. The van der Waals surface area contributed by atoms with Gasteiger partial charge in [-0.25, -0.2) is 4.79 Å². The van der Waals surface area contributed by atoms with E-state index in [0.717, 1.165) is 44.9 Å². The number of guanidine groups is 1. The summed E-state index contributed by atoms with van der Waals surface area (Å²) in [4.78, 5) is 17.8. The van der Waals surface area contributed by atoms with Crippen LogP contribution >= 0.6 is 24.0 Å². The lowest BCUT2D eigenvalue weighted by Gasteiger charge is -2.37. The van der Waals surface area contributed by atoms with Crippen LogP contribution in [0.15, 0.2) is 4.99 Å². The van der Waals surface area contributed by atoms with Crippen molar-refractivity contribution in [2.24, 2.45) is 4.99 Å². The lowest BCUT2D eigenvalue weighted by Crippen LogP contribution is -2.54. The molecule has 0 aromatic rings. The number of hydrogen-bond donors (Lipinski definition) is 2. The van der Waals surface area contributed by atoms with Crippen molar-refractivity contribution >= 4 is 36.0 Å². The molecule has 0 bridgehead atoms. The molecule has 2 aliphatic heterocycles. The van der Waals surface area contributed by atoms with E-state index in [9.17, 15) is 4.79 Å². The molecule has 0 radical (unpaired) electrons. The lowest BCUT2D eigenvalue weighted by atomic mass is 9.94. The van der Waals surface area contributed by atoms with E-state index >= 15 is 0 Å². The minimum absolute atomic E-state index is 0. The molecule has 0 aliphatic carbocycles. The third-order valence-corrected chi connectivity index (χ3v) is 5.00. The second-order valence-corrected chi connectivity index (χ2v) is 6.53. The van der Waals surface area contributed by atoms with Gasteiger partial charge in [0.1, 0.15) is 0 Å². The van der Waals surface area contributed by atoms with Gasteiger partial charge in [0.05, 0.1) is 12.2 Å². The van der Waals surface area contributed by atoms with Gasteiger partial charge in [0, 0.05) is 65.9 Å². The number of aliphatic imine (C=N–C) groups is 1. The summed E-state index contributed by atoms with van der Waals surface area (Å²) in [6.07, 6.45) is 3.30. The molecule has 2 N–H and O–H groups in total. The predicted molar refractivity (Wildman–Crippen MR) is 111 cm³/mol. The minimum atomic E-state index is -0.218. The molecule has 1 amide bonds. The molecule has 0 spiro atoms. The van der Waals surface area contributed by atoms with Crippen molar-refractivity contribution in [2.45, 2.75) is 44.2 Å². The Kier molecular flexibility index (Phi) is 10.6. The average Bonchev–Trinajstić information content (AvgIpc) is 2.66. The number of rotatable bonds is 5. The maximum atomic E-state index is 11.8. The van der Waals surface area contributed by atoms with Gasteiger partial charge in [-0.15, -0.1) is 24.0 Å². The number of ether oxygens (including phenoxy) is 3. The van der Waals surface area contributed by atoms with Gasteiger partial charge in [-0.1, -0.05) is 0 Å². The van der Waals surface area contributed by atoms with Crippen LogP contribution in [-0.2, 0) is 14.2 Å². The lowest BCUT2D eigenvalue weighted by molar-refractivity contribution is -0.0855. The van der Waals surface area contributed by atoms with Crippen LogP contribution in [0.5, 0.6) is 0 Å². The largest absolute Gasteiger partial charge is 0.450 e. The molecule has 2 aliphatic rings. The normalized spacial score (nSPS) is 20.9. The van der Waals surface area contributed by atoms with Crippen LogP contribution in [0, 0.1) is 0 Å². The van der Waals surface area contributed by atoms with Gasteiger partial charge in [-0.3, -0.25) is 4.99 Å². The third kappa shape index (κ3) is 6.73. The highest BCUT2D eigenvalue weighted by Crippen LogP contribution is 2.23. The van der Waals surface area contributed by atoms with Crippen LogP contribution < -0.4 is 10.6 Å². The molecular weight excluding hydrogens is 451 g/mol. The number of likely N-dealkylation sites (tertiary alicyclic amines) is 1. The van der Waals surface area contributed by atoms with Crippen molar-refractivity contribution in [3.63, 3.8) is 0 Å². The standard InChI is InChI=1S/C17H32N4O4.HI/c1-4-25-16(22)21-9-5-14(6-10-21)20-15(18-2)19-13-17(23-3)7-11-24-12-8-17;/h14H,4-13H2,1-3H3,(H2,18,19,20);1H. The smallest absolute Gasteiger partial charge is 0.409 e. The van der Waals surface area contributed by atoms with Crippen LogP contribution in [0.4, 0.5) is 4.79 Å². The highest BCUT2D eigenvalue weighted by molar-refractivity contribution is 14.0. The van der Waals surface area contributed by atoms with Gasteiger partial charge in [-0.2, -0.15) is 0 Å². The van der Waals surface area contributed by atoms with E-state index in [1.807, 2.05) is 6.92 Å². The Morgan fingerprint density at radius 3 is 2.50 bits per heavy atom. The molecular formula is C17H33IN4O4. The van der Waals surface area contributed by atoms with E-state index in [-0.39, 0.29) is 35.7 Å². The quantitative estimate of drug-likeness (QED) is 0.351. The van der Waals surface area contributed by atoms with Crippen molar-refractivity contribution in [1.29, 1.82) is 0 Å². The number of methoxy groups -OCH3 is 1. The zero-order chi connectivity index (χ0) is 18.1. The maximum Gasteiger partial charge on any atom is 0.409 e. The van der Waals surface area contributed by atoms with E-state index in [0.29, 0.717) is 32.3 Å². The molecule has 0 unspecified atom stereocenters.